The van der Waals surface area contributed by atoms with Crippen LogP contribution in [0.2, 0.25) is 0 Å². The van der Waals surface area contributed by atoms with Gasteiger partial charge in [-0.05, 0) is 43.9 Å². The highest BCUT2D eigenvalue weighted by atomic mass is 16.2. The Bertz CT molecular complexity index is 470. The second-order valence-electron chi connectivity index (χ2n) is 10.8. The van der Waals surface area contributed by atoms with Crippen LogP contribution in [0.25, 0.3) is 0 Å². The third-order valence-corrected chi connectivity index (χ3v) is 5.83. The third-order valence-electron chi connectivity index (χ3n) is 5.83. The van der Waals surface area contributed by atoms with Gasteiger partial charge >= 0.3 is 0 Å². The van der Waals surface area contributed by atoms with Crippen molar-refractivity contribution in [2.24, 2.45) is 16.7 Å². The van der Waals surface area contributed by atoms with Gasteiger partial charge in [0.25, 0.3) is 0 Å². The Morgan fingerprint density at radius 3 is 2.00 bits per heavy atom. The molecule has 1 saturated carbocycles. The van der Waals surface area contributed by atoms with Gasteiger partial charge in [-0.2, -0.15) is 0 Å². The van der Waals surface area contributed by atoms with Crippen molar-refractivity contribution >= 4 is 11.6 Å². The number of unbranched alkanes of at least 4 members (excludes halogenated alkanes) is 1. The highest BCUT2D eigenvalue weighted by Gasteiger charge is 2.45. The number of hydrogen-bond acceptors (Lipinski definition) is 3. The van der Waals surface area contributed by atoms with Crippen LogP contribution in [0.5, 0.6) is 0 Å². The zero-order chi connectivity index (χ0) is 20.2. The summed E-state index contributed by atoms with van der Waals surface area (Å²) in [5.74, 6) is -0.190. The van der Waals surface area contributed by atoms with Crippen molar-refractivity contribution in [1.82, 2.24) is 5.32 Å². The molecule has 152 valence electrons. The smallest absolute Gasteiger partial charge is 0.145 e. The van der Waals surface area contributed by atoms with Gasteiger partial charge in [-0.25, -0.2) is 0 Å². The average Bonchev–Trinajstić information content (AvgIpc) is 2.41. The molecule has 3 nitrogen and oxygen atoms in total. The van der Waals surface area contributed by atoms with Crippen LogP contribution in [-0.2, 0) is 9.59 Å². The summed E-state index contributed by atoms with van der Waals surface area (Å²) in [6.07, 6.45) is 7.53. The molecule has 1 fully saturated rings. The molecular weight excluding hydrogens is 322 g/mol. The fourth-order valence-electron chi connectivity index (χ4n) is 4.67. The number of carbonyl (C=O) groups is 2. The first-order valence-electron chi connectivity index (χ1n) is 10.7. The van der Waals surface area contributed by atoms with Crippen LogP contribution in [0.3, 0.4) is 0 Å². The lowest BCUT2D eigenvalue weighted by molar-refractivity contribution is -0.141. The van der Waals surface area contributed by atoms with E-state index in [1.54, 1.807) is 0 Å². The second-order valence-corrected chi connectivity index (χ2v) is 10.8. The van der Waals surface area contributed by atoms with Crippen molar-refractivity contribution in [1.29, 1.82) is 0 Å². The summed E-state index contributed by atoms with van der Waals surface area (Å²) in [7, 11) is 0. The first-order chi connectivity index (χ1) is 11.8. The molecule has 1 aliphatic carbocycles. The Morgan fingerprint density at radius 1 is 1.00 bits per heavy atom. The maximum atomic E-state index is 12.9. The summed E-state index contributed by atoms with van der Waals surface area (Å²) in [6, 6.07) is -0.0560. The number of rotatable bonds is 10. The van der Waals surface area contributed by atoms with Crippen molar-refractivity contribution < 1.29 is 9.59 Å². The Balaban J connectivity index is 3.07. The minimum absolute atomic E-state index is 0.0560. The molecule has 1 aliphatic rings. The molecule has 0 aromatic heterocycles. The van der Waals surface area contributed by atoms with Crippen molar-refractivity contribution in [3.05, 3.63) is 0 Å². The van der Waals surface area contributed by atoms with E-state index in [1.807, 2.05) is 13.8 Å². The molecule has 0 spiro atoms. The summed E-state index contributed by atoms with van der Waals surface area (Å²) in [5, 5.41) is 3.76. The molecule has 0 radical (unpaired) electrons. The highest BCUT2D eigenvalue weighted by Crippen LogP contribution is 2.39. The molecule has 1 unspecified atom stereocenters. The number of nitrogens with one attached hydrogen (secondary N) is 1. The van der Waals surface area contributed by atoms with E-state index in [0.717, 1.165) is 38.5 Å². The monoisotopic (exact) mass is 365 g/mol. The quantitative estimate of drug-likeness (QED) is 0.505. The van der Waals surface area contributed by atoms with Gasteiger partial charge in [0.2, 0.25) is 0 Å². The van der Waals surface area contributed by atoms with Crippen LogP contribution in [0.1, 0.15) is 107 Å². The zero-order valence-corrected chi connectivity index (χ0v) is 18.6. The largest absolute Gasteiger partial charge is 0.308 e. The maximum absolute atomic E-state index is 12.9. The fraction of sp³-hybridized carbons (Fsp3) is 0.913. The van der Waals surface area contributed by atoms with Crippen LogP contribution in [0.15, 0.2) is 0 Å². The zero-order valence-electron chi connectivity index (χ0n) is 18.6. The SMILES string of the molecule is CCCCC(C)(C)NC(CC(C)(C)CCC)C1C(=O)CC(C)(C)CC1=O. The van der Waals surface area contributed by atoms with Gasteiger partial charge in [0, 0.05) is 24.4 Å². The van der Waals surface area contributed by atoms with Crippen molar-refractivity contribution in [3.63, 3.8) is 0 Å². The Kier molecular flexibility index (Phi) is 8.07. The minimum atomic E-state index is -0.472. The first kappa shape index (κ1) is 23.3. The molecule has 0 aromatic rings. The molecule has 26 heavy (non-hydrogen) atoms. The molecule has 1 rings (SSSR count). The van der Waals surface area contributed by atoms with E-state index in [1.165, 1.54) is 0 Å². The lowest BCUT2D eigenvalue weighted by atomic mass is 9.66. The number of carbonyl (C=O) groups excluding carboxylic acids is 2. The van der Waals surface area contributed by atoms with E-state index >= 15 is 0 Å². The highest BCUT2D eigenvalue weighted by molar-refractivity contribution is 6.05. The van der Waals surface area contributed by atoms with E-state index in [2.05, 4.69) is 46.9 Å². The van der Waals surface area contributed by atoms with Gasteiger partial charge in [-0.15, -0.1) is 0 Å². The lowest BCUT2D eigenvalue weighted by Crippen LogP contribution is -2.56. The summed E-state index contributed by atoms with van der Waals surface area (Å²) in [6.45, 7) is 17.4. The van der Waals surface area contributed by atoms with Gasteiger partial charge in [0.15, 0.2) is 0 Å². The Hall–Kier alpha value is -0.700. The van der Waals surface area contributed by atoms with Crippen LogP contribution >= 0.6 is 0 Å². The average molecular weight is 366 g/mol. The van der Waals surface area contributed by atoms with Crippen LogP contribution < -0.4 is 5.32 Å². The van der Waals surface area contributed by atoms with Crippen LogP contribution in [-0.4, -0.2) is 23.1 Å². The summed E-state index contributed by atoms with van der Waals surface area (Å²) >= 11 is 0. The van der Waals surface area contributed by atoms with Crippen molar-refractivity contribution in [3.8, 4) is 0 Å². The molecule has 1 N–H and O–H groups in total. The molecular formula is C23H43NO2. The van der Waals surface area contributed by atoms with Gasteiger partial charge in [0.1, 0.15) is 11.6 Å². The van der Waals surface area contributed by atoms with E-state index in [-0.39, 0.29) is 34.0 Å². The summed E-state index contributed by atoms with van der Waals surface area (Å²) in [4.78, 5) is 25.9. The summed E-state index contributed by atoms with van der Waals surface area (Å²) in [5.41, 5.74) is -0.122. The van der Waals surface area contributed by atoms with Gasteiger partial charge in [-0.1, -0.05) is 60.8 Å². The third kappa shape index (κ3) is 7.13. The molecule has 0 aromatic carbocycles. The topological polar surface area (TPSA) is 46.2 Å². The van der Waals surface area contributed by atoms with E-state index in [4.69, 9.17) is 0 Å². The predicted octanol–water partition coefficient (Wildman–Crippen LogP) is 5.70. The second kappa shape index (κ2) is 8.99. The maximum Gasteiger partial charge on any atom is 0.145 e. The fourth-order valence-corrected chi connectivity index (χ4v) is 4.67. The normalized spacial score (nSPS) is 20.5. The van der Waals surface area contributed by atoms with Crippen molar-refractivity contribution in [2.45, 2.75) is 118 Å². The Labute approximate surface area is 162 Å². The Morgan fingerprint density at radius 2 is 1.54 bits per heavy atom. The molecule has 1 atom stereocenters. The van der Waals surface area contributed by atoms with E-state index in [9.17, 15) is 9.59 Å². The van der Waals surface area contributed by atoms with E-state index < -0.39 is 5.92 Å². The molecule has 0 amide bonds. The minimum Gasteiger partial charge on any atom is -0.308 e. The van der Waals surface area contributed by atoms with Crippen LogP contribution in [0, 0.1) is 16.7 Å². The van der Waals surface area contributed by atoms with Crippen LogP contribution in [0.4, 0.5) is 0 Å². The molecule has 0 heterocycles. The van der Waals surface area contributed by atoms with E-state index in [0.29, 0.717) is 12.8 Å². The van der Waals surface area contributed by atoms with Crippen molar-refractivity contribution in [2.75, 3.05) is 0 Å². The van der Waals surface area contributed by atoms with Gasteiger partial charge in [-0.3, -0.25) is 9.59 Å². The molecule has 0 aliphatic heterocycles. The molecule has 0 bridgehead atoms. The number of hydrogen-bond donors (Lipinski definition) is 1. The standard InChI is InChI=1S/C23H43NO2/c1-9-11-13-23(7,8)24-17(14-21(3,4)12-10-2)20-18(25)15-22(5,6)16-19(20)26/h17,20,24H,9-16H2,1-8H3. The molecule has 3 heteroatoms. The first-order valence-corrected chi connectivity index (χ1v) is 10.7. The summed E-state index contributed by atoms with van der Waals surface area (Å²) < 4.78 is 0. The number of Topliss-reactive ketones (excluding diaryl/α,β-unsaturated/α-hetero) is 2. The predicted molar refractivity (Wildman–Crippen MR) is 110 cm³/mol. The molecule has 0 saturated heterocycles. The van der Waals surface area contributed by atoms with Gasteiger partial charge in [0.05, 0.1) is 5.92 Å². The van der Waals surface area contributed by atoms with Gasteiger partial charge < -0.3 is 5.32 Å². The lowest BCUT2D eigenvalue weighted by Gasteiger charge is -2.42. The number of ketones is 2.